The van der Waals surface area contributed by atoms with Crippen molar-refractivity contribution in [3.63, 3.8) is 0 Å². The Morgan fingerprint density at radius 2 is 2.05 bits per heavy atom. The minimum atomic E-state index is -0.264. The van der Waals surface area contributed by atoms with Gasteiger partial charge >= 0.3 is 0 Å². The summed E-state index contributed by atoms with van der Waals surface area (Å²) in [6, 6.07) is 8.48. The van der Waals surface area contributed by atoms with Crippen molar-refractivity contribution in [3.8, 4) is 0 Å². The molecule has 1 atom stereocenters. The molecule has 0 aromatic heterocycles. The summed E-state index contributed by atoms with van der Waals surface area (Å²) in [5, 5.41) is 0. The number of hydrogen-bond donors (Lipinski definition) is 0. The number of hydrogen-bond acceptors (Lipinski definition) is 2. The SMILES string of the molecule is CC(C)CN1C(=O)[C@@]2(CCN(CC3CC3)C2)c2ccccc21. The van der Waals surface area contributed by atoms with Gasteiger partial charge in [0, 0.05) is 25.3 Å². The summed E-state index contributed by atoms with van der Waals surface area (Å²) in [4.78, 5) is 17.9. The molecule has 1 spiro atoms. The van der Waals surface area contributed by atoms with Crippen molar-refractivity contribution >= 4 is 11.6 Å². The predicted octanol–water partition coefficient (Wildman–Crippen LogP) is 3.04. The molecule has 1 aromatic carbocycles. The summed E-state index contributed by atoms with van der Waals surface area (Å²) in [6.07, 6.45) is 3.76. The summed E-state index contributed by atoms with van der Waals surface area (Å²) in [5.74, 6) is 1.74. The lowest BCUT2D eigenvalue weighted by Crippen LogP contribution is -2.43. The molecule has 0 unspecified atom stereocenters. The van der Waals surface area contributed by atoms with Gasteiger partial charge in [-0.2, -0.15) is 0 Å². The summed E-state index contributed by atoms with van der Waals surface area (Å²) in [6.45, 7) is 8.41. The molecule has 2 fully saturated rings. The standard InChI is InChI=1S/C19H26N2O/c1-14(2)11-21-17-6-4-3-5-16(17)19(18(21)22)9-10-20(13-19)12-15-7-8-15/h3-6,14-15H,7-13H2,1-2H3/t19-/m1/s1. The minimum absolute atomic E-state index is 0.264. The molecule has 118 valence electrons. The van der Waals surface area contributed by atoms with Gasteiger partial charge < -0.3 is 9.80 Å². The monoisotopic (exact) mass is 298 g/mol. The Bertz CT molecular complexity index is 593. The van der Waals surface area contributed by atoms with Gasteiger partial charge in [0.1, 0.15) is 0 Å². The van der Waals surface area contributed by atoms with Gasteiger partial charge in [-0.1, -0.05) is 32.0 Å². The molecular weight excluding hydrogens is 272 g/mol. The van der Waals surface area contributed by atoms with Gasteiger partial charge in [-0.3, -0.25) is 4.79 Å². The van der Waals surface area contributed by atoms with E-state index in [4.69, 9.17) is 0 Å². The number of anilines is 1. The largest absolute Gasteiger partial charge is 0.311 e. The molecule has 1 amide bonds. The van der Waals surface area contributed by atoms with Crippen molar-refractivity contribution in [2.75, 3.05) is 31.1 Å². The summed E-state index contributed by atoms with van der Waals surface area (Å²) < 4.78 is 0. The first-order valence-corrected chi connectivity index (χ1v) is 8.74. The van der Waals surface area contributed by atoms with Crippen LogP contribution < -0.4 is 4.90 Å². The van der Waals surface area contributed by atoms with Crippen molar-refractivity contribution in [1.29, 1.82) is 0 Å². The highest BCUT2D eigenvalue weighted by atomic mass is 16.2. The lowest BCUT2D eigenvalue weighted by atomic mass is 9.81. The smallest absolute Gasteiger partial charge is 0.239 e. The van der Waals surface area contributed by atoms with E-state index in [1.807, 2.05) is 0 Å². The number of carbonyl (C=O) groups excluding carboxylic acids is 1. The van der Waals surface area contributed by atoms with Crippen molar-refractivity contribution in [2.45, 2.75) is 38.5 Å². The van der Waals surface area contributed by atoms with Crippen LogP contribution in [0.2, 0.25) is 0 Å². The zero-order valence-electron chi connectivity index (χ0n) is 13.7. The molecule has 0 N–H and O–H groups in total. The lowest BCUT2D eigenvalue weighted by Gasteiger charge is -2.25. The van der Waals surface area contributed by atoms with Crippen molar-refractivity contribution in [1.82, 2.24) is 4.90 Å². The number of benzene rings is 1. The number of nitrogens with zero attached hydrogens (tertiary/aromatic N) is 2. The first kappa shape index (κ1) is 14.3. The average Bonchev–Trinajstić information content (AvgIpc) is 3.16. The zero-order valence-corrected chi connectivity index (χ0v) is 13.7. The Balaban J connectivity index is 1.66. The maximum absolute atomic E-state index is 13.3. The lowest BCUT2D eigenvalue weighted by molar-refractivity contribution is -0.122. The van der Waals surface area contributed by atoms with Gasteiger partial charge in [0.25, 0.3) is 0 Å². The highest BCUT2D eigenvalue weighted by Gasteiger charge is 2.54. The fourth-order valence-corrected chi connectivity index (χ4v) is 4.25. The van der Waals surface area contributed by atoms with Gasteiger partial charge in [-0.25, -0.2) is 0 Å². The third kappa shape index (κ3) is 2.18. The number of carbonyl (C=O) groups is 1. The Morgan fingerprint density at radius 3 is 2.77 bits per heavy atom. The molecular formula is C19H26N2O. The molecule has 2 aliphatic heterocycles. The number of likely N-dealkylation sites (tertiary alicyclic amines) is 1. The number of rotatable bonds is 4. The highest BCUT2D eigenvalue weighted by molar-refractivity contribution is 6.08. The first-order valence-electron chi connectivity index (χ1n) is 8.74. The van der Waals surface area contributed by atoms with Crippen molar-refractivity contribution in [2.24, 2.45) is 11.8 Å². The van der Waals surface area contributed by atoms with E-state index in [0.717, 1.165) is 37.7 Å². The summed E-state index contributed by atoms with van der Waals surface area (Å²) in [5.41, 5.74) is 2.17. The third-order valence-electron chi connectivity index (χ3n) is 5.47. The van der Waals surface area contributed by atoms with E-state index in [-0.39, 0.29) is 5.41 Å². The van der Waals surface area contributed by atoms with Crippen LogP contribution in [0.1, 0.15) is 38.7 Å². The molecule has 3 heteroatoms. The summed E-state index contributed by atoms with van der Waals surface area (Å²) >= 11 is 0. The molecule has 1 saturated carbocycles. The van der Waals surface area contributed by atoms with Crippen LogP contribution in [-0.4, -0.2) is 37.0 Å². The minimum Gasteiger partial charge on any atom is -0.311 e. The van der Waals surface area contributed by atoms with E-state index in [2.05, 4.69) is 47.9 Å². The highest BCUT2D eigenvalue weighted by Crippen LogP contribution is 2.48. The second kappa shape index (κ2) is 5.09. The number of fused-ring (bicyclic) bond motifs is 2. The third-order valence-corrected chi connectivity index (χ3v) is 5.47. The van der Waals surface area contributed by atoms with Crippen LogP contribution in [0.25, 0.3) is 0 Å². The zero-order chi connectivity index (χ0) is 15.3. The first-order chi connectivity index (χ1) is 10.6. The Kier molecular flexibility index (Phi) is 3.30. The van der Waals surface area contributed by atoms with Crippen molar-refractivity contribution in [3.05, 3.63) is 29.8 Å². The molecule has 0 bridgehead atoms. The van der Waals surface area contributed by atoms with Crippen LogP contribution >= 0.6 is 0 Å². The van der Waals surface area contributed by atoms with Crippen LogP contribution in [0.3, 0.4) is 0 Å². The van der Waals surface area contributed by atoms with Crippen LogP contribution in [0.15, 0.2) is 24.3 Å². The number of amides is 1. The topological polar surface area (TPSA) is 23.6 Å². The Morgan fingerprint density at radius 1 is 1.27 bits per heavy atom. The predicted molar refractivity (Wildman–Crippen MR) is 89.1 cm³/mol. The van der Waals surface area contributed by atoms with E-state index in [1.165, 1.54) is 24.9 Å². The fourth-order valence-electron chi connectivity index (χ4n) is 4.25. The van der Waals surface area contributed by atoms with Gasteiger partial charge in [0.05, 0.1) is 5.41 Å². The van der Waals surface area contributed by atoms with Crippen LogP contribution in [0.4, 0.5) is 5.69 Å². The van der Waals surface area contributed by atoms with Gasteiger partial charge in [-0.05, 0) is 49.3 Å². The molecule has 1 saturated heterocycles. The molecule has 1 aliphatic carbocycles. The van der Waals surface area contributed by atoms with Gasteiger partial charge in [-0.15, -0.1) is 0 Å². The maximum Gasteiger partial charge on any atom is 0.239 e. The summed E-state index contributed by atoms with van der Waals surface area (Å²) in [7, 11) is 0. The molecule has 3 nitrogen and oxygen atoms in total. The van der Waals surface area contributed by atoms with Crippen LogP contribution in [0.5, 0.6) is 0 Å². The fraction of sp³-hybridized carbons (Fsp3) is 0.632. The van der Waals surface area contributed by atoms with E-state index < -0.39 is 0 Å². The molecule has 3 aliphatic rings. The second-order valence-electron chi connectivity index (χ2n) is 7.84. The average molecular weight is 298 g/mol. The van der Waals surface area contributed by atoms with E-state index >= 15 is 0 Å². The van der Waals surface area contributed by atoms with E-state index in [0.29, 0.717) is 11.8 Å². The molecule has 0 radical (unpaired) electrons. The van der Waals surface area contributed by atoms with Gasteiger partial charge in [0.15, 0.2) is 0 Å². The normalized spacial score (nSPS) is 28.1. The van der Waals surface area contributed by atoms with Crippen LogP contribution in [-0.2, 0) is 10.2 Å². The Labute approximate surface area is 133 Å². The Hall–Kier alpha value is -1.35. The maximum atomic E-state index is 13.3. The van der Waals surface area contributed by atoms with E-state index in [1.54, 1.807) is 0 Å². The van der Waals surface area contributed by atoms with Crippen LogP contribution in [0, 0.1) is 11.8 Å². The second-order valence-corrected chi connectivity index (χ2v) is 7.84. The molecule has 1 aromatic rings. The number of para-hydroxylation sites is 1. The quantitative estimate of drug-likeness (QED) is 0.853. The van der Waals surface area contributed by atoms with Crippen molar-refractivity contribution < 1.29 is 4.79 Å². The molecule has 2 heterocycles. The van der Waals surface area contributed by atoms with E-state index in [9.17, 15) is 4.79 Å². The molecule has 22 heavy (non-hydrogen) atoms. The molecule has 4 rings (SSSR count). The van der Waals surface area contributed by atoms with Gasteiger partial charge in [0.2, 0.25) is 5.91 Å².